The van der Waals surface area contributed by atoms with Crippen molar-refractivity contribution in [2.75, 3.05) is 26.2 Å². The second-order valence-corrected chi connectivity index (χ2v) is 4.53. The molecule has 2 unspecified atom stereocenters. The zero-order chi connectivity index (χ0) is 12.4. The van der Waals surface area contributed by atoms with Gasteiger partial charge in [0.05, 0.1) is 12.1 Å². The van der Waals surface area contributed by atoms with Crippen LogP contribution in [-0.2, 0) is 0 Å². The van der Waals surface area contributed by atoms with Crippen LogP contribution in [0.4, 0.5) is 0 Å². The minimum atomic E-state index is -0.731. The highest BCUT2D eigenvalue weighted by atomic mass is 15.4. The smallest absolute Gasteiger partial charge is 0.138 e. The number of piperazine rings is 1. The van der Waals surface area contributed by atoms with E-state index in [0.29, 0.717) is 0 Å². The number of nitriles is 2. The second-order valence-electron chi connectivity index (χ2n) is 4.53. The predicted octanol–water partition coefficient (Wildman–Crippen LogP) is 1.21. The van der Waals surface area contributed by atoms with E-state index in [0.717, 1.165) is 26.2 Å². The number of nitrogens with zero attached hydrogens (tertiary/aromatic N) is 4. The Labute approximate surface area is 98.1 Å². The molecule has 1 fully saturated rings. The Morgan fingerprint density at radius 1 is 0.938 bits per heavy atom. The van der Waals surface area contributed by atoms with Crippen LogP contribution in [0.15, 0.2) is 0 Å². The van der Waals surface area contributed by atoms with Gasteiger partial charge in [0.25, 0.3) is 0 Å². The molecule has 1 saturated heterocycles. The van der Waals surface area contributed by atoms with Crippen LogP contribution in [0, 0.1) is 22.7 Å². The van der Waals surface area contributed by atoms with Crippen LogP contribution in [-0.4, -0.2) is 47.1 Å². The fraction of sp³-hybridized carbons (Fsp3) is 0.833. The highest BCUT2D eigenvalue weighted by Gasteiger charge is 2.55. The molecule has 1 aliphatic rings. The molecule has 0 bridgehead atoms. The van der Waals surface area contributed by atoms with Crippen molar-refractivity contribution in [3.05, 3.63) is 0 Å². The van der Waals surface area contributed by atoms with Gasteiger partial charge in [0.15, 0.2) is 0 Å². The van der Waals surface area contributed by atoms with Gasteiger partial charge in [0.2, 0.25) is 0 Å². The van der Waals surface area contributed by atoms with Crippen LogP contribution in [0.2, 0.25) is 0 Å². The molecule has 0 N–H and O–H groups in total. The van der Waals surface area contributed by atoms with Gasteiger partial charge in [0, 0.05) is 13.1 Å². The molecule has 4 heteroatoms. The van der Waals surface area contributed by atoms with Crippen molar-refractivity contribution >= 4 is 0 Å². The summed E-state index contributed by atoms with van der Waals surface area (Å²) in [6, 6.07) is 4.70. The molecule has 0 spiro atoms. The molecular formula is C12H20N4. The predicted molar refractivity (Wildman–Crippen MR) is 62.5 cm³/mol. The first-order valence-electron chi connectivity index (χ1n) is 5.82. The lowest BCUT2D eigenvalue weighted by atomic mass is 9.76. The van der Waals surface area contributed by atoms with E-state index in [1.165, 1.54) is 0 Å². The number of likely N-dealkylation sites (N-methyl/N-ethyl adjacent to an activating group) is 2. The maximum Gasteiger partial charge on any atom is 0.138 e. The normalized spacial score (nSPS) is 36.6. The molecule has 1 heterocycles. The molecule has 88 valence electrons. The molecule has 2 atom stereocenters. The summed E-state index contributed by atoms with van der Waals surface area (Å²) in [4.78, 5) is 4.20. The molecule has 1 rings (SSSR count). The summed E-state index contributed by atoms with van der Waals surface area (Å²) in [6.07, 6.45) is 0. The van der Waals surface area contributed by atoms with Crippen LogP contribution >= 0.6 is 0 Å². The first-order chi connectivity index (χ1) is 7.50. The van der Waals surface area contributed by atoms with Crippen molar-refractivity contribution in [1.82, 2.24) is 9.80 Å². The van der Waals surface area contributed by atoms with Crippen molar-refractivity contribution in [2.45, 2.75) is 38.8 Å². The third-order valence-corrected chi connectivity index (χ3v) is 4.05. The third-order valence-electron chi connectivity index (χ3n) is 4.05. The monoisotopic (exact) mass is 220 g/mol. The molecule has 1 aliphatic heterocycles. The van der Waals surface area contributed by atoms with Crippen LogP contribution in [0.5, 0.6) is 0 Å². The zero-order valence-electron chi connectivity index (χ0n) is 10.6. The molecule has 16 heavy (non-hydrogen) atoms. The van der Waals surface area contributed by atoms with Crippen LogP contribution in [0.3, 0.4) is 0 Å². The topological polar surface area (TPSA) is 54.1 Å². The van der Waals surface area contributed by atoms with Gasteiger partial charge in [-0.25, -0.2) is 0 Å². The van der Waals surface area contributed by atoms with Crippen molar-refractivity contribution in [3.63, 3.8) is 0 Å². The van der Waals surface area contributed by atoms with Crippen LogP contribution in [0.25, 0.3) is 0 Å². The standard InChI is InChI=1S/C12H20N4/c1-5-15-7-8-16(6-2)12(4,10-14)11(15,3)9-13/h5-8H2,1-4H3. The Balaban J connectivity index is 3.23. The summed E-state index contributed by atoms with van der Waals surface area (Å²) >= 11 is 0. The average molecular weight is 220 g/mol. The molecule has 0 aromatic carbocycles. The first kappa shape index (κ1) is 13.0. The average Bonchev–Trinajstić information content (AvgIpc) is 2.32. The third kappa shape index (κ3) is 1.50. The Hall–Kier alpha value is -1.10. The molecule has 0 saturated carbocycles. The van der Waals surface area contributed by atoms with Crippen molar-refractivity contribution in [3.8, 4) is 12.1 Å². The Morgan fingerprint density at radius 2 is 1.25 bits per heavy atom. The molecule has 0 aromatic rings. The summed E-state index contributed by atoms with van der Waals surface area (Å²) in [5, 5.41) is 18.9. The summed E-state index contributed by atoms with van der Waals surface area (Å²) in [5.74, 6) is 0. The van der Waals surface area contributed by atoms with Gasteiger partial charge in [-0.05, 0) is 26.9 Å². The highest BCUT2D eigenvalue weighted by molar-refractivity contribution is 5.29. The van der Waals surface area contributed by atoms with Crippen molar-refractivity contribution in [2.24, 2.45) is 0 Å². The van der Waals surface area contributed by atoms with Gasteiger partial charge in [-0.1, -0.05) is 13.8 Å². The van der Waals surface area contributed by atoms with Gasteiger partial charge in [0.1, 0.15) is 11.1 Å². The van der Waals surface area contributed by atoms with E-state index in [9.17, 15) is 10.5 Å². The zero-order valence-corrected chi connectivity index (χ0v) is 10.6. The van der Waals surface area contributed by atoms with E-state index in [1.807, 2.05) is 27.7 Å². The van der Waals surface area contributed by atoms with Crippen molar-refractivity contribution < 1.29 is 0 Å². The highest BCUT2D eigenvalue weighted by Crippen LogP contribution is 2.36. The van der Waals surface area contributed by atoms with Gasteiger partial charge in [-0.2, -0.15) is 10.5 Å². The fourth-order valence-electron chi connectivity index (χ4n) is 2.61. The van der Waals surface area contributed by atoms with E-state index >= 15 is 0 Å². The molecule has 0 aromatic heterocycles. The fourth-order valence-corrected chi connectivity index (χ4v) is 2.61. The summed E-state index contributed by atoms with van der Waals surface area (Å²) in [5.41, 5.74) is -1.46. The lowest BCUT2D eigenvalue weighted by molar-refractivity contribution is -0.0370. The van der Waals surface area contributed by atoms with E-state index in [1.54, 1.807) is 0 Å². The minimum absolute atomic E-state index is 0.731. The molecule has 4 nitrogen and oxygen atoms in total. The number of hydrogen-bond acceptors (Lipinski definition) is 4. The molecular weight excluding hydrogens is 200 g/mol. The Bertz CT molecular complexity index is 306. The van der Waals surface area contributed by atoms with E-state index in [4.69, 9.17) is 0 Å². The quantitative estimate of drug-likeness (QED) is 0.702. The van der Waals surface area contributed by atoms with Gasteiger partial charge >= 0.3 is 0 Å². The van der Waals surface area contributed by atoms with Gasteiger partial charge in [-0.15, -0.1) is 0 Å². The Kier molecular flexibility index (Phi) is 3.57. The van der Waals surface area contributed by atoms with Crippen LogP contribution in [0.1, 0.15) is 27.7 Å². The van der Waals surface area contributed by atoms with E-state index < -0.39 is 11.1 Å². The van der Waals surface area contributed by atoms with E-state index in [2.05, 4.69) is 21.9 Å². The maximum atomic E-state index is 9.46. The molecule has 0 radical (unpaired) electrons. The van der Waals surface area contributed by atoms with Gasteiger partial charge in [-0.3, -0.25) is 9.80 Å². The maximum absolute atomic E-state index is 9.46. The van der Waals surface area contributed by atoms with Gasteiger partial charge < -0.3 is 0 Å². The summed E-state index contributed by atoms with van der Waals surface area (Å²) in [6.45, 7) is 11.1. The number of hydrogen-bond donors (Lipinski definition) is 0. The second kappa shape index (κ2) is 4.41. The largest absolute Gasteiger partial charge is 0.282 e. The molecule has 0 aliphatic carbocycles. The molecule has 0 amide bonds. The lowest BCUT2D eigenvalue weighted by Gasteiger charge is -2.54. The minimum Gasteiger partial charge on any atom is -0.282 e. The summed E-state index contributed by atoms with van der Waals surface area (Å²) < 4.78 is 0. The van der Waals surface area contributed by atoms with E-state index in [-0.39, 0.29) is 0 Å². The lowest BCUT2D eigenvalue weighted by Crippen LogP contribution is -2.72. The first-order valence-corrected chi connectivity index (χ1v) is 5.82. The van der Waals surface area contributed by atoms with Crippen molar-refractivity contribution in [1.29, 1.82) is 10.5 Å². The number of rotatable bonds is 2. The summed E-state index contributed by atoms with van der Waals surface area (Å²) in [7, 11) is 0. The van der Waals surface area contributed by atoms with Crippen LogP contribution < -0.4 is 0 Å². The SMILES string of the molecule is CCN1CCN(CC)C(C)(C#N)C1(C)C#N. The Morgan fingerprint density at radius 3 is 1.44 bits per heavy atom.